The Balaban J connectivity index is 1.73. The summed E-state index contributed by atoms with van der Waals surface area (Å²) in [5.41, 5.74) is 1.56. The number of rotatable bonds is 10. The molecule has 0 radical (unpaired) electrons. The highest BCUT2D eigenvalue weighted by molar-refractivity contribution is 6.76. The average molecular weight is 642 g/mol. The fourth-order valence-electron chi connectivity index (χ4n) is 5.20. The maximum atomic E-state index is 13.1. The zero-order chi connectivity index (χ0) is 32.3. The van der Waals surface area contributed by atoms with E-state index in [9.17, 15) is 14.4 Å². The van der Waals surface area contributed by atoms with Gasteiger partial charge in [0.1, 0.15) is 5.75 Å². The van der Waals surface area contributed by atoms with Crippen LogP contribution >= 0.6 is 0 Å². The maximum Gasteiger partial charge on any atom is 0.535 e. The van der Waals surface area contributed by atoms with Gasteiger partial charge in [0.15, 0.2) is 5.78 Å². The van der Waals surface area contributed by atoms with Gasteiger partial charge in [-0.3, -0.25) is 14.5 Å². The molecule has 2 aliphatic carbocycles. The Hall–Kier alpha value is -3.85. The Morgan fingerprint density at radius 1 is 0.932 bits per heavy atom. The van der Waals surface area contributed by atoms with Crippen molar-refractivity contribution in [1.29, 1.82) is 0 Å². The third-order valence-corrected chi connectivity index (χ3v) is 11.1. The molecule has 0 N–H and O–H groups in total. The Morgan fingerprint density at radius 3 is 2.05 bits per heavy atom. The first kappa shape index (κ1) is 33.1. The lowest BCUT2D eigenvalue weighted by atomic mass is 9.75. The first-order valence-electron chi connectivity index (χ1n) is 14.7. The van der Waals surface area contributed by atoms with Crippen LogP contribution in [0.15, 0.2) is 59.4 Å². The summed E-state index contributed by atoms with van der Waals surface area (Å²) in [7, 11) is 0.477. The second-order valence-electron chi connectivity index (χ2n) is 13.6. The number of oxime groups is 1. The van der Waals surface area contributed by atoms with Crippen LogP contribution in [0, 0.1) is 5.41 Å². The number of allylic oxidation sites excluding steroid dienone is 5. The highest BCUT2D eigenvalue weighted by Crippen LogP contribution is 2.56. The normalized spacial score (nSPS) is 20.0. The third-order valence-electron chi connectivity index (χ3n) is 7.73. The van der Waals surface area contributed by atoms with Crippen molar-refractivity contribution in [3.8, 4) is 5.75 Å². The molecule has 1 aliphatic heterocycles. The van der Waals surface area contributed by atoms with Crippen molar-refractivity contribution in [2.45, 2.75) is 63.8 Å². The fourth-order valence-corrected chi connectivity index (χ4v) is 6.63. The van der Waals surface area contributed by atoms with E-state index >= 15 is 0 Å². The molecule has 1 unspecified atom stereocenters. The van der Waals surface area contributed by atoms with Gasteiger partial charge >= 0.3 is 12.3 Å². The third kappa shape index (κ3) is 7.80. The van der Waals surface area contributed by atoms with Crippen LogP contribution in [0.5, 0.6) is 5.75 Å². The molecule has 238 valence electrons. The van der Waals surface area contributed by atoms with Gasteiger partial charge in [-0.15, -0.1) is 5.06 Å². The standard InChI is InChI=1S/C31H43N3O8Si2/c1-33-25-21-31(15-13-23(35)14-16-31)26(22-9-11-24(38-2)12-10-22)27(25)34(42-30(37)40-18-20-44(6,7)8)28(33)32-41-29(36)39-17-19-43(3,4)5/h9-16,25H,17-21H2,1-8H3/b32-28+. The molecule has 4 rings (SSSR count). The van der Waals surface area contributed by atoms with Crippen LogP contribution in [0.4, 0.5) is 9.59 Å². The minimum absolute atomic E-state index is 0.0787. The van der Waals surface area contributed by atoms with Gasteiger partial charge in [-0.1, -0.05) is 63.6 Å². The first-order chi connectivity index (χ1) is 20.6. The largest absolute Gasteiger partial charge is 0.535 e. The molecule has 1 spiro atoms. The number of methoxy groups -OCH3 is 1. The number of nitrogens with zero attached hydrogens (tertiary/aromatic N) is 3. The number of ether oxygens (including phenoxy) is 3. The summed E-state index contributed by atoms with van der Waals surface area (Å²) in [6.07, 6.45) is 5.51. The quantitative estimate of drug-likeness (QED) is 0.125. The van der Waals surface area contributed by atoms with Gasteiger partial charge in [0, 0.05) is 28.6 Å². The van der Waals surface area contributed by atoms with E-state index < -0.39 is 33.9 Å². The van der Waals surface area contributed by atoms with E-state index in [4.69, 9.17) is 23.9 Å². The fraction of sp³-hybridized carbons (Fsp3) is 0.484. The number of guanidine groups is 1. The number of carbonyl (C=O) groups excluding carboxylic acids is 3. The molecule has 0 saturated carbocycles. The van der Waals surface area contributed by atoms with Crippen molar-refractivity contribution in [1.82, 2.24) is 9.96 Å². The van der Waals surface area contributed by atoms with Gasteiger partial charge in [-0.25, -0.2) is 9.59 Å². The van der Waals surface area contributed by atoms with Gasteiger partial charge < -0.3 is 19.1 Å². The number of carbonyl (C=O) groups is 3. The number of fused-ring (bicyclic) bond motifs is 1. The number of ketones is 1. The van der Waals surface area contributed by atoms with Gasteiger partial charge in [0.05, 0.1) is 32.1 Å². The lowest BCUT2D eigenvalue weighted by Gasteiger charge is -2.31. The SMILES string of the molecule is COc1ccc(C2=C3C(CC24C=CC(=O)C=C4)N(C)/C(=N\OC(=O)OCC[Si](C)(C)C)N3OC(=O)OCC[Si](C)(C)C)cc1. The van der Waals surface area contributed by atoms with E-state index in [1.54, 1.807) is 31.2 Å². The van der Waals surface area contributed by atoms with E-state index in [1.165, 1.54) is 5.06 Å². The number of hydrogen-bond donors (Lipinski definition) is 0. The molecule has 13 heteroatoms. The molecule has 1 saturated heterocycles. The second-order valence-corrected chi connectivity index (χ2v) is 24.9. The summed E-state index contributed by atoms with van der Waals surface area (Å²) in [4.78, 5) is 50.4. The second kappa shape index (κ2) is 13.0. The van der Waals surface area contributed by atoms with E-state index in [2.05, 4.69) is 44.4 Å². The molecule has 1 aromatic carbocycles. The molecule has 0 aromatic heterocycles. The summed E-state index contributed by atoms with van der Waals surface area (Å²) in [6.45, 7) is 13.6. The minimum atomic E-state index is -1.47. The molecular weight excluding hydrogens is 599 g/mol. The predicted octanol–water partition coefficient (Wildman–Crippen LogP) is 6.28. The topological polar surface area (TPSA) is 116 Å². The predicted molar refractivity (Wildman–Crippen MR) is 172 cm³/mol. The van der Waals surface area contributed by atoms with Gasteiger partial charge in [0.25, 0.3) is 5.96 Å². The van der Waals surface area contributed by atoms with Crippen molar-refractivity contribution >= 4 is 45.8 Å². The minimum Gasteiger partial charge on any atom is -0.497 e. The molecule has 0 amide bonds. The highest BCUT2D eigenvalue weighted by atomic mass is 28.3. The number of hydroxylamine groups is 2. The van der Waals surface area contributed by atoms with E-state index in [0.29, 0.717) is 17.9 Å². The smallest absolute Gasteiger partial charge is 0.497 e. The zero-order valence-electron chi connectivity index (χ0n) is 26.8. The van der Waals surface area contributed by atoms with Crippen LogP contribution < -0.4 is 4.74 Å². The molecule has 1 aromatic rings. The average Bonchev–Trinajstić information content (AvgIpc) is 3.38. The Morgan fingerprint density at radius 2 is 1.50 bits per heavy atom. The van der Waals surface area contributed by atoms with Gasteiger partial charge in [-0.05, 0) is 59.1 Å². The molecule has 44 heavy (non-hydrogen) atoms. The van der Waals surface area contributed by atoms with Crippen molar-refractivity contribution in [3.05, 3.63) is 59.8 Å². The Bertz CT molecular complexity index is 1370. The van der Waals surface area contributed by atoms with Crippen LogP contribution in [0.1, 0.15) is 12.0 Å². The van der Waals surface area contributed by atoms with Gasteiger partial charge in [-0.2, -0.15) is 0 Å². The lowest BCUT2D eigenvalue weighted by Crippen LogP contribution is -2.37. The van der Waals surface area contributed by atoms with Crippen molar-refractivity contribution in [2.24, 2.45) is 10.6 Å². The van der Waals surface area contributed by atoms with Crippen LogP contribution in [0.3, 0.4) is 0 Å². The summed E-state index contributed by atoms with van der Waals surface area (Å²) < 4.78 is 16.1. The number of benzene rings is 1. The van der Waals surface area contributed by atoms with Crippen LogP contribution in [0.25, 0.3) is 5.57 Å². The molecule has 1 heterocycles. The summed E-state index contributed by atoms with van der Waals surface area (Å²) in [6, 6.07) is 8.70. The maximum absolute atomic E-state index is 13.1. The number of likely N-dealkylation sites (N-methyl/N-ethyl adjacent to an activating group) is 1. The number of hydrogen-bond acceptors (Lipinski definition) is 9. The lowest BCUT2D eigenvalue weighted by molar-refractivity contribution is -0.110. The van der Waals surface area contributed by atoms with Crippen molar-refractivity contribution in [3.63, 3.8) is 0 Å². The molecule has 11 nitrogen and oxygen atoms in total. The molecular formula is C31H43N3O8Si2. The highest BCUT2D eigenvalue weighted by Gasteiger charge is 2.55. The summed E-state index contributed by atoms with van der Waals surface area (Å²) >= 11 is 0. The first-order valence-corrected chi connectivity index (χ1v) is 22.1. The Labute approximate surface area is 261 Å². The zero-order valence-corrected chi connectivity index (χ0v) is 28.8. The van der Waals surface area contributed by atoms with Crippen LogP contribution in [-0.4, -0.2) is 83.6 Å². The van der Waals surface area contributed by atoms with E-state index in [-0.39, 0.29) is 31.0 Å². The van der Waals surface area contributed by atoms with Crippen LogP contribution in [0.2, 0.25) is 51.4 Å². The van der Waals surface area contributed by atoms with Crippen molar-refractivity contribution in [2.75, 3.05) is 27.4 Å². The molecule has 1 fully saturated rings. The monoisotopic (exact) mass is 641 g/mol. The molecule has 1 atom stereocenters. The van der Waals surface area contributed by atoms with Crippen LogP contribution in [-0.2, 0) is 23.9 Å². The molecule has 0 bridgehead atoms. The van der Waals surface area contributed by atoms with Gasteiger partial charge in [0.2, 0.25) is 0 Å². The van der Waals surface area contributed by atoms with E-state index in [1.807, 2.05) is 36.4 Å². The van der Waals surface area contributed by atoms with E-state index in [0.717, 1.165) is 23.2 Å². The Kier molecular flexibility index (Phi) is 9.78. The molecule has 3 aliphatic rings. The summed E-state index contributed by atoms with van der Waals surface area (Å²) in [5, 5.41) is 5.36. The summed E-state index contributed by atoms with van der Waals surface area (Å²) in [5.74, 6) is 0.649. The van der Waals surface area contributed by atoms with Crippen molar-refractivity contribution < 1.29 is 38.3 Å².